The van der Waals surface area contributed by atoms with Crippen molar-refractivity contribution in [2.45, 2.75) is 90.4 Å². The highest BCUT2D eigenvalue weighted by molar-refractivity contribution is 5.69. The second-order valence-corrected chi connectivity index (χ2v) is 6.35. The number of ether oxygens (including phenoxy) is 2. The van der Waals surface area contributed by atoms with Crippen molar-refractivity contribution in [1.29, 1.82) is 0 Å². The number of methoxy groups -OCH3 is 2. The number of esters is 2. The summed E-state index contributed by atoms with van der Waals surface area (Å²) in [5.74, 6) is 0.309. The van der Waals surface area contributed by atoms with Gasteiger partial charge < -0.3 is 9.47 Å². The molecule has 0 saturated carbocycles. The number of unbranched alkanes of at least 4 members (excludes halogenated alkanes) is 8. The predicted octanol–water partition coefficient (Wildman–Crippen LogP) is 5.04. The molecule has 0 rings (SSSR count). The van der Waals surface area contributed by atoms with Crippen LogP contribution in [0, 0.1) is 5.92 Å². The van der Waals surface area contributed by atoms with Crippen molar-refractivity contribution in [2.75, 3.05) is 14.2 Å². The molecule has 0 aromatic heterocycles. The molecule has 0 N–H and O–H groups in total. The molecule has 0 bridgehead atoms. The lowest BCUT2D eigenvalue weighted by molar-refractivity contribution is -0.142. The maximum Gasteiger partial charge on any atom is 0.305 e. The number of hydrogen-bond acceptors (Lipinski definition) is 4. The maximum absolute atomic E-state index is 11.3. The van der Waals surface area contributed by atoms with Crippen LogP contribution >= 0.6 is 0 Å². The minimum atomic E-state index is -0.0948. The summed E-state index contributed by atoms with van der Waals surface area (Å²) in [6.07, 6.45) is 14.2. The van der Waals surface area contributed by atoms with Crippen LogP contribution in [-0.4, -0.2) is 26.2 Å². The molecule has 0 saturated heterocycles. The summed E-state index contributed by atoms with van der Waals surface area (Å²) >= 11 is 0. The fraction of sp³-hybridized carbons (Fsp3) is 0.895. The first-order valence-corrected chi connectivity index (χ1v) is 9.27. The summed E-state index contributed by atoms with van der Waals surface area (Å²) in [6.45, 7) is 2.15. The van der Waals surface area contributed by atoms with Gasteiger partial charge in [0, 0.05) is 12.8 Å². The van der Waals surface area contributed by atoms with E-state index >= 15 is 0 Å². The Labute approximate surface area is 142 Å². The average molecular weight is 328 g/mol. The van der Waals surface area contributed by atoms with Crippen LogP contribution < -0.4 is 0 Å². The number of carbonyl (C=O) groups excluding carboxylic acids is 2. The zero-order valence-corrected chi connectivity index (χ0v) is 15.4. The van der Waals surface area contributed by atoms with Crippen molar-refractivity contribution in [3.8, 4) is 0 Å². The normalized spacial score (nSPS) is 12.0. The fourth-order valence-electron chi connectivity index (χ4n) is 2.81. The van der Waals surface area contributed by atoms with E-state index in [2.05, 4.69) is 11.7 Å². The predicted molar refractivity (Wildman–Crippen MR) is 93.2 cm³/mol. The molecule has 0 amide bonds. The van der Waals surface area contributed by atoms with Crippen molar-refractivity contribution in [3.63, 3.8) is 0 Å². The van der Waals surface area contributed by atoms with Crippen LogP contribution in [0.1, 0.15) is 90.4 Å². The van der Waals surface area contributed by atoms with Crippen LogP contribution in [0.25, 0.3) is 0 Å². The van der Waals surface area contributed by atoms with Gasteiger partial charge in [-0.3, -0.25) is 9.59 Å². The Morgan fingerprint density at radius 2 is 1.22 bits per heavy atom. The lowest BCUT2D eigenvalue weighted by Gasteiger charge is -2.12. The number of carbonyl (C=O) groups is 2. The van der Waals surface area contributed by atoms with E-state index in [0.29, 0.717) is 18.8 Å². The fourth-order valence-corrected chi connectivity index (χ4v) is 2.81. The van der Waals surface area contributed by atoms with Gasteiger partial charge in [-0.15, -0.1) is 0 Å². The maximum atomic E-state index is 11.3. The largest absolute Gasteiger partial charge is 0.469 e. The van der Waals surface area contributed by atoms with Gasteiger partial charge >= 0.3 is 11.9 Å². The van der Waals surface area contributed by atoms with E-state index in [1.807, 2.05) is 0 Å². The highest BCUT2D eigenvalue weighted by atomic mass is 16.5. The summed E-state index contributed by atoms with van der Waals surface area (Å²) in [6, 6.07) is 0. The molecule has 0 aromatic carbocycles. The molecule has 136 valence electrons. The molecule has 0 aliphatic rings. The summed E-state index contributed by atoms with van der Waals surface area (Å²) in [4.78, 5) is 22.2. The molecule has 0 aromatic rings. The molecule has 0 aliphatic carbocycles. The van der Waals surface area contributed by atoms with Gasteiger partial charge in [0.15, 0.2) is 0 Å². The lowest BCUT2D eigenvalue weighted by Crippen LogP contribution is -2.09. The van der Waals surface area contributed by atoms with Gasteiger partial charge in [0.2, 0.25) is 0 Å². The third-order valence-electron chi connectivity index (χ3n) is 4.48. The van der Waals surface area contributed by atoms with Crippen LogP contribution in [0.2, 0.25) is 0 Å². The Hall–Kier alpha value is -1.06. The first kappa shape index (κ1) is 21.9. The molecule has 0 heterocycles. The second kappa shape index (κ2) is 15.8. The average Bonchev–Trinajstić information content (AvgIpc) is 2.57. The number of hydrogen-bond donors (Lipinski definition) is 0. The quantitative estimate of drug-likeness (QED) is 0.312. The number of rotatable bonds is 15. The summed E-state index contributed by atoms with van der Waals surface area (Å²) in [7, 11) is 2.91. The highest BCUT2D eigenvalue weighted by Gasteiger charge is 2.11. The van der Waals surface area contributed by atoms with E-state index in [1.165, 1.54) is 59.2 Å². The Morgan fingerprint density at radius 1 is 0.739 bits per heavy atom. The Balaban J connectivity index is 3.32. The van der Waals surface area contributed by atoms with Gasteiger partial charge in [-0.25, -0.2) is 0 Å². The van der Waals surface area contributed by atoms with Crippen molar-refractivity contribution in [2.24, 2.45) is 5.92 Å². The lowest BCUT2D eigenvalue weighted by atomic mass is 9.95. The molecule has 0 radical (unpaired) electrons. The monoisotopic (exact) mass is 328 g/mol. The molecule has 4 nitrogen and oxygen atoms in total. The van der Waals surface area contributed by atoms with Crippen LogP contribution in [0.15, 0.2) is 0 Å². The Morgan fingerprint density at radius 3 is 1.70 bits per heavy atom. The summed E-state index contributed by atoms with van der Waals surface area (Å²) < 4.78 is 9.36. The molecular formula is C19H36O4. The second-order valence-electron chi connectivity index (χ2n) is 6.35. The standard InChI is InChI=1S/C19H36O4/c1-4-17(16-19(21)23-3)14-12-10-8-6-5-7-9-11-13-15-18(20)22-2/h17H,4-16H2,1-3H3. The molecule has 1 atom stereocenters. The summed E-state index contributed by atoms with van der Waals surface area (Å²) in [5, 5.41) is 0. The van der Waals surface area contributed by atoms with E-state index in [4.69, 9.17) is 4.74 Å². The molecule has 1 unspecified atom stereocenters. The first-order chi connectivity index (χ1) is 11.1. The van der Waals surface area contributed by atoms with Gasteiger partial charge in [0.1, 0.15) is 0 Å². The molecule has 23 heavy (non-hydrogen) atoms. The highest BCUT2D eigenvalue weighted by Crippen LogP contribution is 2.19. The van der Waals surface area contributed by atoms with E-state index in [1.54, 1.807) is 0 Å². The molecule has 0 aliphatic heterocycles. The van der Waals surface area contributed by atoms with Gasteiger partial charge in [0.25, 0.3) is 0 Å². The van der Waals surface area contributed by atoms with Gasteiger partial charge in [0.05, 0.1) is 14.2 Å². The van der Waals surface area contributed by atoms with Crippen molar-refractivity contribution in [1.82, 2.24) is 0 Å². The molecule has 0 spiro atoms. The Bertz CT molecular complexity index is 302. The van der Waals surface area contributed by atoms with Crippen molar-refractivity contribution in [3.05, 3.63) is 0 Å². The van der Waals surface area contributed by atoms with Crippen molar-refractivity contribution >= 4 is 11.9 Å². The molecule has 4 heteroatoms. The third kappa shape index (κ3) is 14.3. The third-order valence-corrected chi connectivity index (χ3v) is 4.48. The van der Waals surface area contributed by atoms with E-state index in [9.17, 15) is 9.59 Å². The molecule has 0 fully saturated rings. The van der Waals surface area contributed by atoms with Crippen LogP contribution in [0.5, 0.6) is 0 Å². The van der Waals surface area contributed by atoms with Crippen LogP contribution in [-0.2, 0) is 19.1 Å². The minimum absolute atomic E-state index is 0.0796. The molecular weight excluding hydrogens is 292 g/mol. The zero-order chi connectivity index (χ0) is 17.3. The SMILES string of the molecule is CCC(CCCCCCCCCCCC(=O)OC)CC(=O)OC. The first-order valence-electron chi connectivity index (χ1n) is 9.27. The smallest absolute Gasteiger partial charge is 0.305 e. The van der Waals surface area contributed by atoms with Gasteiger partial charge in [-0.1, -0.05) is 64.7 Å². The van der Waals surface area contributed by atoms with E-state index < -0.39 is 0 Å². The van der Waals surface area contributed by atoms with Gasteiger partial charge in [-0.05, 0) is 18.8 Å². The van der Waals surface area contributed by atoms with E-state index in [-0.39, 0.29) is 11.9 Å². The zero-order valence-electron chi connectivity index (χ0n) is 15.4. The topological polar surface area (TPSA) is 52.6 Å². The Kier molecular flexibility index (Phi) is 15.1. The van der Waals surface area contributed by atoms with E-state index in [0.717, 1.165) is 25.7 Å². The van der Waals surface area contributed by atoms with Crippen molar-refractivity contribution < 1.29 is 19.1 Å². The van der Waals surface area contributed by atoms with Gasteiger partial charge in [-0.2, -0.15) is 0 Å². The van der Waals surface area contributed by atoms with Crippen LogP contribution in [0.4, 0.5) is 0 Å². The van der Waals surface area contributed by atoms with Crippen LogP contribution in [0.3, 0.4) is 0 Å². The summed E-state index contributed by atoms with van der Waals surface area (Å²) in [5.41, 5.74) is 0. The minimum Gasteiger partial charge on any atom is -0.469 e.